The van der Waals surface area contributed by atoms with Crippen molar-refractivity contribution in [3.63, 3.8) is 0 Å². The van der Waals surface area contributed by atoms with Gasteiger partial charge in [-0.1, -0.05) is 6.07 Å². The molecule has 0 saturated carbocycles. The molecule has 0 radical (unpaired) electrons. The molecule has 2 heterocycles. The van der Waals surface area contributed by atoms with E-state index in [0.717, 1.165) is 11.3 Å². The van der Waals surface area contributed by atoms with E-state index in [4.69, 9.17) is 17.0 Å². The van der Waals surface area contributed by atoms with Gasteiger partial charge in [0, 0.05) is 6.20 Å². The summed E-state index contributed by atoms with van der Waals surface area (Å²) in [7, 11) is 0. The Morgan fingerprint density at radius 3 is 2.78 bits per heavy atom. The average molecular weight is 325 g/mol. The molecule has 116 valence electrons. The van der Waals surface area contributed by atoms with Crippen LogP contribution in [0, 0.1) is 4.77 Å². The predicted molar refractivity (Wildman–Crippen MR) is 91.2 cm³/mol. The maximum Gasteiger partial charge on any atom is 0.216 e. The van der Waals surface area contributed by atoms with Crippen molar-refractivity contribution < 1.29 is 4.74 Å². The number of aromatic amines is 1. The summed E-state index contributed by atoms with van der Waals surface area (Å²) in [6.45, 7) is 2.60. The highest BCUT2D eigenvalue weighted by molar-refractivity contribution is 7.71. The van der Waals surface area contributed by atoms with Crippen LogP contribution in [0.1, 0.15) is 12.5 Å². The molecule has 0 atom stereocenters. The fraction of sp³-hybridized carbons (Fsp3) is 0.125. The maximum atomic E-state index is 5.42. The molecule has 1 N–H and O–H groups in total. The molecule has 0 amide bonds. The van der Waals surface area contributed by atoms with Crippen molar-refractivity contribution in [2.75, 3.05) is 6.61 Å². The molecule has 2 aromatic heterocycles. The smallest absolute Gasteiger partial charge is 0.216 e. The molecule has 0 saturated heterocycles. The van der Waals surface area contributed by atoms with E-state index in [-0.39, 0.29) is 0 Å². The second-order valence-electron chi connectivity index (χ2n) is 4.63. The van der Waals surface area contributed by atoms with Gasteiger partial charge in [0.05, 0.1) is 12.8 Å². The summed E-state index contributed by atoms with van der Waals surface area (Å²) in [6.07, 6.45) is 3.42. The van der Waals surface area contributed by atoms with E-state index in [1.807, 2.05) is 49.4 Å². The Morgan fingerprint density at radius 1 is 1.26 bits per heavy atom. The van der Waals surface area contributed by atoms with E-state index < -0.39 is 0 Å². The van der Waals surface area contributed by atoms with Gasteiger partial charge in [-0.05, 0) is 61.1 Å². The monoisotopic (exact) mass is 325 g/mol. The van der Waals surface area contributed by atoms with Gasteiger partial charge in [0.25, 0.3) is 0 Å². The molecule has 7 heteroatoms. The normalized spacial score (nSPS) is 11.0. The van der Waals surface area contributed by atoms with Gasteiger partial charge in [0.1, 0.15) is 11.4 Å². The van der Waals surface area contributed by atoms with Gasteiger partial charge in [-0.15, -0.1) is 0 Å². The SMILES string of the molecule is CCOc1ccc(/C=N/n2c(-c3ccccn3)n[nH]c2=S)cc1. The second-order valence-corrected chi connectivity index (χ2v) is 5.01. The number of aromatic nitrogens is 4. The van der Waals surface area contributed by atoms with E-state index in [1.54, 1.807) is 17.1 Å². The Morgan fingerprint density at radius 2 is 2.09 bits per heavy atom. The molecule has 3 rings (SSSR count). The second kappa shape index (κ2) is 6.97. The molecule has 0 aliphatic heterocycles. The quantitative estimate of drug-likeness (QED) is 0.577. The summed E-state index contributed by atoms with van der Waals surface area (Å²) in [5, 5.41) is 11.3. The Kier molecular flexibility index (Phi) is 4.58. The Labute approximate surface area is 138 Å². The number of hydrogen-bond acceptors (Lipinski definition) is 5. The molecule has 0 aliphatic carbocycles. The van der Waals surface area contributed by atoms with Crippen LogP contribution in [0.15, 0.2) is 53.8 Å². The van der Waals surface area contributed by atoms with Crippen molar-refractivity contribution in [2.24, 2.45) is 5.10 Å². The van der Waals surface area contributed by atoms with Crippen LogP contribution in [0.4, 0.5) is 0 Å². The predicted octanol–water partition coefficient (Wildman–Crippen LogP) is 3.28. The summed E-state index contributed by atoms with van der Waals surface area (Å²) in [5.41, 5.74) is 1.63. The molecule has 0 unspecified atom stereocenters. The largest absolute Gasteiger partial charge is 0.494 e. The van der Waals surface area contributed by atoms with Gasteiger partial charge in [0.2, 0.25) is 10.6 Å². The molecular weight excluding hydrogens is 310 g/mol. The van der Waals surface area contributed by atoms with Gasteiger partial charge in [-0.2, -0.15) is 14.9 Å². The van der Waals surface area contributed by atoms with Gasteiger partial charge >= 0.3 is 0 Å². The number of ether oxygens (including phenoxy) is 1. The summed E-state index contributed by atoms with van der Waals surface area (Å²) in [6, 6.07) is 13.3. The lowest BCUT2D eigenvalue weighted by atomic mass is 10.2. The molecule has 0 spiro atoms. The molecule has 0 fully saturated rings. The highest BCUT2D eigenvalue weighted by atomic mass is 32.1. The lowest BCUT2D eigenvalue weighted by molar-refractivity contribution is 0.340. The van der Waals surface area contributed by atoms with Crippen molar-refractivity contribution >= 4 is 18.4 Å². The zero-order chi connectivity index (χ0) is 16.1. The minimum absolute atomic E-state index is 0.410. The number of nitrogens with one attached hydrogen (secondary N) is 1. The van der Waals surface area contributed by atoms with Gasteiger partial charge < -0.3 is 4.74 Å². The van der Waals surface area contributed by atoms with Crippen LogP contribution in [-0.2, 0) is 0 Å². The number of hydrogen-bond donors (Lipinski definition) is 1. The average Bonchev–Trinajstić information content (AvgIpc) is 2.96. The van der Waals surface area contributed by atoms with Crippen molar-refractivity contribution in [2.45, 2.75) is 6.92 Å². The highest BCUT2D eigenvalue weighted by Crippen LogP contribution is 2.14. The van der Waals surface area contributed by atoms with Crippen molar-refractivity contribution in [1.82, 2.24) is 19.9 Å². The first-order chi connectivity index (χ1) is 11.3. The van der Waals surface area contributed by atoms with Crippen LogP contribution in [-0.4, -0.2) is 32.7 Å². The van der Waals surface area contributed by atoms with Crippen LogP contribution in [0.2, 0.25) is 0 Å². The topological polar surface area (TPSA) is 68.1 Å². The number of pyridine rings is 1. The summed E-state index contributed by atoms with van der Waals surface area (Å²) >= 11 is 5.23. The number of benzene rings is 1. The Hall–Kier alpha value is -2.80. The van der Waals surface area contributed by atoms with Gasteiger partial charge in [0.15, 0.2) is 0 Å². The maximum absolute atomic E-state index is 5.42. The van der Waals surface area contributed by atoms with Crippen LogP contribution in [0.3, 0.4) is 0 Å². The molecular formula is C16H15N5OS. The lowest BCUT2D eigenvalue weighted by Crippen LogP contribution is -1.96. The molecule has 3 aromatic rings. The van der Waals surface area contributed by atoms with E-state index in [1.165, 1.54) is 0 Å². The van der Waals surface area contributed by atoms with Crippen molar-refractivity contribution in [1.29, 1.82) is 0 Å². The van der Waals surface area contributed by atoms with Crippen LogP contribution in [0.25, 0.3) is 11.5 Å². The van der Waals surface area contributed by atoms with E-state index >= 15 is 0 Å². The minimum Gasteiger partial charge on any atom is -0.494 e. The molecule has 0 aliphatic rings. The first kappa shape index (κ1) is 15.1. The van der Waals surface area contributed by atoms with E-state index in [2.05, 4.69) is 20.3 Å². The third-order valence-corrected chi connectivity index (χ3v) is 3.32. The number of nitrogens with zero attached hydrogens (tertiary/aromatic N) is 4. The molecule has 1 aromatic carbocycles. The zero-order valence-corrected chi connectivity index (χ0v) is 13.3. The van der Waals surface area contributed by atoms with E-state index in [0.29, 0.717) is 22.9 Å². The summed E-state index contributed by atoms with van der Waals surface area (Å²) in [4.78, 5) is 4.27. The van der Waals surface area contributed by atoms with Crippen LogP contribution >= 0.6 is 12.2 Å². The van der Waals surface area contributed by atoms with Gasteiger partial charge in [-0.25, -0.2) is 5.10 Å². The first-order valence-corrected chi connectivity index (χ1v) is 7.55. The first-order valence-electron chi connectivity index (χ1n) is 7.14. The summed E-state index contributed by atoms with van der Waals surface area (Å²) in [5.74, 6) is 1.40. The molecule has 6 nitrogen and oxygen atoms in total. The number of rotatable bonds is 5. The molecule has 23 heavy (non-hydrogen) atoms. The minimum atomic E-state index is 0.410. The van der Waals surface area contributed by atoms with Gasteiger partial charge in [-0.3, -0.25) is 4.98 Å². The van der Waals surface area contributed by atoms with Crippen LogP contribution < -0.4 is 4.74 Å². The summed E-state index contributed by atoms with van der Waals surface area (Å²) < 4.78 is 7.38. The molecule has 0 bridgehead atoms. The zero-order valence-electron chi connectivity index (χ0n) is 12.5. The van der Waals surface area contributed by atoms with E-state index in [9.17, 15) is 0 Å². The fourth-order valence-corrected chi connectivity index (χ4v) is 2.18. The lowest BCUT2D eigenvalue weighted by Gasteiger charge is -2.02. The third kappa shape index (κ3) is 3.51. The third-order valence-electron chi connectivity index (χ3n) is 3.06. The van der Waals surface area contributed by atoms with Crippen molar-refractivity contribution in [3.8, 4) is 17.3 Å². The highest BCUT2D eigenvalue weighted by Gasteiger charge is 2.08. The Balaban J connectivity index is 1.88. The number of H-pyrrole nitrogens is 1. The fourth-order valence-electron chi connectivity index (χ4n) is 2.00. The van der Waals surface area contributed by atoms with Crippen LogP contribution in [0.5, 0.6) is 5.75 Å². The standard InChI is InChI=1S/C16H15N5OS/c1-2-22-13-8-6-12(7-9-13)11-18-21-15(19-20-16(21)23)14-5-3-4-10-17-14/h3-11H,2H2,1H3,(H,20,23)/b18-11+. The van der Waals surface area contributed by atoms with Crippen molar-refractivity contribution in [3.05, 3.63) is 59.0 Å². The Bertz CT molecular complexity index is 852.